The van der Waals surface area contributed by atoms with Crippen LogP contribution in [0.15, 0.2) is 56.3 Å². The zero-order chi connectivity index (χ0) is 14.0. The van der Waals surface area contributed by atoms with Crippen molar-refractivity contribution in [3.8, 4) is 0 Å². The summed E-state index contributed by atoms with van der Waals surface area (Å²) in [5, 5.41) is 0. The van der Waals surface area contributed by atoms with Gasteiger partial charge in [-0.3, -0.25) is 4.79 Å². The van der Waals surface area contributed by atoms with Crippen molar-refractivity contribution in [1.29, 1.82) is 0 Å². The molecule has 0 bridgehead atoms. The third kappa shape index (κ3) is 3.27. The van der Waals surface area contributed by atoms with Crippen LogP contribution in [0.1, 0.15) is 5.56 Å². The van der Waals surface area contributed by atoms with Gasteiger partial charge in [-0.1, -0.05) is 17.7 Å². The summed E-state index contributed by atoms with van der Waals surface area (Å²) in [6.45, 7) is 1.87. The number of aryl methyl sites for hydroxylation is 1. The van der Waals surface area contributed by atoms with E-state index in [9.17, 15) is 13.2 Å². The molecule has 0 radical (unpaired) electrons. The molecular formula is C13H10BrNO3S. The van der Waals surface area contributed by atoms with E-state index in [1.165, 1.54) is 30.4 Å². The van der Waals surface area contributed by atoms with E-state index in [1.54, 1.807) is 12.1 Å². The van der Waals surface area contributed by atoms with E-state index in [1.807, 2.05) is 6.92 Å². The molecule has 0 saturated carbocycles. The van der Waals surface area contributed by atoms with E-state index < -0.39 is 10.0 Å². The molecule has 0 amide bonds. The van der Waals surface area contributed by atoms with Crippen molar-refractivity contribution in [3.05, 3.63) is 52.5 Å². The van der Waals surface area contributed by atoms with E-state index >= 15 is 0 Å². The highest BCUT2D eigenvalue weighted by Crippen LogP contribution is 2.17. The summed E-state index contributed by atoms with van der Waals surface area (Å²) in [6, 6.07) is 6.43. The van der Waals surface area contributed by atoms with Gasteiger partial charge in [0.2, 0.25) is 0 Å². The molecule has 1 aliphatic carbocycles. The van der Waals surface area contributed by atoms with Crippen molar-refractivity contribution in [2.75, 3.05) is 0 Å². The molecule has 0 heterocycles. The molecule has 4 nitrogen and oxygen atoms in total. The lowest BCUT2D eigenvalue weighted by Gasteiger charge is -2.04. The minimum absolute atomic E-state index is 0.125. The first kappa shape index (κ1) is 13.9. The van der Waals surface area contributed by atoms with Crippen LogP contribution in [0, 0.1) is 6.92 Å². The first-order valence-corrected chi connectivity index (χ1v) is 7.63. The quantitative estimate of drug-likeness (QED) is 0.777. The van der Waals surface area contributed by atoms with Crippen LogP contribution in [0.2, 0.25) is 0 Å². The lowest BCUT2D eigenvalue weighted by molar-refractivity contribution is -0.110. The number of carbonyl (C=O) groups excluding carboxylic acids is 1. The first-order chi connectivity index (χ1) is 8.88. The molecule has 1 aromatic carbocycles. The van der Waals surface area contributed by atoms with Gasteiger partial charge in [0, 0.05) is 0 Å². The topological polar surface area (TPSA) is 63.6 Å². The van der Waals surface area contributed by atoms with E-state index in [0.29, 0.717) is 0 Å². The zero-order valence-electron chi connectivity index (χ0n) is 10.00. The van der Waals surface area contributed by atoms with Crippen molar-refractivity contribution < 1.29 is 13.2 Å². The maximum atomic E-state index is 12.0. The van der Waals surface area contributed by atoms with E-state index in [0.717, 1.165) is 5.56 Å². The number of ketones is 1. The summed E-state index contributed by atoms with van der Waals surface area (Å²) in [5.41, 5.74) is 1.18. The Labute approximate surface area is 119 Å². The van der Waals surface area contributed by atoms with Gasteiger partial charge in [-0.25, -0.2) is 0 Å². The second-order valence-corrected chi connectivity index (χ2v) is 6.45. The number of carbonyl (C=O) groups is 1. The Morgan fingerprint density at radius 2 is 1.74 bits per heavy atom. The number of sulfonamides is 1. The summed E-state index contributed by atoms with van der Waals surface area (Å²) < 4.78 is 28.1. The van der Waals surface area contributed by atoms with Gasteiger partial charge in [0.05, 0.1) is 15.1 Å². The van der Waals surface area contributed by atoms with Crippen LogP contribution in [-0.4, -0.2) is 19.9 Å². The van der Waals surface area contributed by atoms with Crippen LogP contribution in [0.25, 0.3) is 0 Å². The van der Waals surface area contributed by atoms with Gasteiger partial charge in [0.25, 0.3) is 10.0 Å². The molecular weight excluding hydrogens is 330 g/mol. The molecule has 0 fully saturated rings. The minimum Gasteiger partial charge on any atom is -0.289 e. The molecule has 6 heteroatoms. The van der Waals surface area contributed by atoms with Crippen LogP contribution < -0.4 is 0 Å². The smallest absolute Gasteiger partial charge is 0.282 e. The van der Waals surface area contributed by atoms with Gasteiger partial charge in [-0.2, -0.15) is 12.8 Å². The molecule has 1 aliphatic rings. The van der Waals surface area contributed by atoms with Gasteiger partial charge in [-0.15, -0.1) is 0 Å². The molecule has 2 rings (SSSR count). The average molecular weight is 340 g/mol. The zero-order valence-corrected chi connectivity index (χ0v) is 12.4. The van der Waals surface area contributed by atoms with E-state index in [4.69, 9.17) is 0 Å². The van der Waals surface area contributed by atoms with Crippen molar-refractivity contribution in [1.82, 2.24) is 0 Å². The molecule has 0 aliphatic heterocycles. The minimum atomic E-state index is -3.76. The highest BCUT2D eigenvalue weighted by molar-refractivity contribution is 9.12. The summed E-state index contributed by atoms with van der Waals surface area (Å²) in [6.07, 6.45) is 4.03. The van der Waals surface area contributed by atoms with Gasteiger partial charge in [0.15, 0.2) is 5.78 Å². The van der Waals surface area contributed by atoms with Gasteiger partial charge < -0.3 is 0 Å². The third-order valence-electron chi connectivity index (χ3n) is 2.46. The molecule has 98 valence electrons. The van der Waals surface area contributed by atoms with Crippen molar-refractivity contribution >= 4 is 37.4 Å². The maximum Gasteiger partial charge on any atom is 0.282 e. The normalized spacial score (nSPS) is 17.7. The SMILES string of the molecule is Cc1ccc(S(=O)(=O)N=C2C=CC(=O)C(Br)=C2)cc1. The van der Waals surface area contributed by atoms with Gasteiger partial charge in [-0.05, 0) is 53.2 Å². The Balaban J connectivity index is 2.40. The number of halogens is 1. The first-order valence-electron chi connectivity index (χ1n) is 5.40. The lowest BCUT2D eigenvalue weighted by atomic mass is 10.2. The standard InChI is InChI=1S/C13H10BrNO3S/c1-9-2-5-11(6-3-9)19(17,18)15-10-4-7-13(16)12(14)8-10/h2-8H,1H3. The molecule has 19 heavy (non-hydrogen) atoms. The molecule has 0 aromatic heterocycles. The van der Waals surface area contributed by atoms with Crippen molar-refractivity contribution in [2.45, 2.75) is 11.8 Å². The van der Waals surface area contributed by atoms with Crippen LogP contribution in [-0.2, 0) is 14.8 Å². The molecule has 1 aromatic rings. The van der Waals surface area contributed by atoms with Crippen LogP contribution in [0.3, 0.4) is 0 Å². The molecule has 0 spiro atoms. The number of rotatable bonds is 2. The van der Waals surface area contributed by atoms with E-state index in [-0.39, 0.29) is 20.9 Å². The second kappa shape index (κ2) is 5.22. The predicted molar refractivity (Wildman–Crippen MR) is 77.0 cm³/mol. The number of hydrogen-bond acceptors (Lipinski definition) is 3. The van der Waals surface area contributed by atoms with Crippen LogP contribution in [0.5, 0.6) is 0 Å². The van der Waals surface area contributed by atoms with Gasteiger partial charge in [0.1, 0.15) is 0 Å². The molecule has 0 saturated heterocycles. The van der Waals surface area contributed by atoms with Crippen molar-refractivity contribution in [3.63, 3.8) is 0 Å². The summed E-state index contributed by atoms with van der Waals surface area (Å²) in [5.74, 6) is -0.216. The van der Waals surface area contributed by atoms with Gasteiger partial charge >= 0.3 is 0 Å². The Morgan fingerprint density at radius 3 is 2.32 bits per heavy atom. The van der Waals surface area contributed by atoms with Crippen molar-refractivity contribution in [2.24, 2.45) is 4.40 Å². The Morgan fingerprint density at radius 1 is 1.11 bits per heavy atom. The largest absolute Gasteiger partial charge is 0.289 e. The van der Waals surface area contributed by atoms with E-state index in [2.05, 4.69) is 20.3 Å². The molecule has 0 atom stereocenters. The number of benzene rings is 1. The Kier molecular flexibility index (Phi) is 3.82. The number of allylic oxidation sites excluding steroid dienone is 4. The average Bonchev–Trinajstić information content (AvgIpc) is 2.34. The Hall–Kier alpha value is -1.53. The summed E-state index contributed by atoms with van der Waals surface area (Å²) in [4.78, 5) is 11.3. The second-order valence-electron chi connectivity index (χ2n) is 3.99. The van der Waals surface area contributed by atoms with Crippen LogP contribution >= 0.6 is 15.9 Å². The highest BCUT2D eigenvalue weighted by Gasteiger charge is 2.15. The summed E-state index contributed by atoms with van der Waals surface area (Å²) in [7, 11) is -3.76. The molecule has 0 N–H and O–H groups in total. The highest BCUT2D eigenvalue weighted by atomic mass is 79.9. The molecule has 0 unspecified atom stereocenters. The third-order valence-corrected chi connectivity index (χ3v) is 4.40. The lowest BCUT2D eigenvalue weighted by Crippen LogP contribution is -2.07. The fourth-order valence-corrected chi connectivity index (χ4v) is 2.79. The Bertz CT molecular complexity index is 713. The maximum absolute atomic E-state index is 12.0. The monoisotopic (exact) mass is 339 g/mol. The predicted octanol–water partition coefficient (Wildman–Crippen LogP) is 2.54. The number of hydrogen-bond donors (Lipinski definition) is 0. The fraction of sp³-hybridized carbons (Fsp3) is 0.0769. The van der Waals surface area contributed by atoms with Crippen LogP contribution in [0.4, 0.5) is 0 Å². The number of nitrogens with zero attached hydrogens (tertiary/aromatic N) is 1. The fourth-order valence-electron chi connectivity index (χ4n) is 1.45. The summed E-state index contributed by atoms with van der Waals surface area (Å²) >= 11 is 3.05.